The largest absolute Gasteiger partial charge is 0.465 e. The molecule has 2 aromatic carbocycles. The van der Waals surface area contributed by atoms with Gasteiger partial charge in [0, 0.05) is 27.2 Å². The van der Waals surface area contributed by atoms with Crippen LogP contribution in [0.15, 0.2) is 60.7 Å². The molecule has 2 saturated carbocycles. The number of carbonyl (C=O) groups is 5. The number of carbonyl (C=O) groups excluding carboxylic acids is 5. The summed E-state index contributed by atoms with van der Waals surface area (Å²) in [6.45, 7) is 7.04. The number of rotatable bonds is 8. The van der Waals surface area contributed by atoms with Crippen molar-refractivity contribution >= 4 is 29.8 Å². The van der Waals surface area contributed by atoms with Crippen molar-refractivity contribution in [1.29, 1.82) is 0 Å². The van der Waals surface area contributed by atoms with Crippen molar-refractivity contribution < 1.29 is 62.6 Å². The second-order valence-corrected chi connectivity index (χ2v) is 13.3. The Kier molecular flexibility index (Phi) is 9.19. The SMILES string of the molecule is CC(=O)OCC12[C@H](OC(=O)c3ccccc3)C(OC(=O)c3ccccc3)C3C(O)C1(OC3(C)C)[C@@](C)(O)C[C@H](OC(C)=O)[C@@H]2OC(C)=O. The molecule has 2 aromatic rings. The maximum absolute atomic E-state index is 14.0. The Morgan fingerprint density at radius 2 is 1.27 bits per heavy atom. The Morgan fingerprint density at radius 3 is 1.77 bits per heavy atom. The molecular formula is C35H40O13. The summed E-state index contributed by atoms with van der Waals surface area (Å²) in [5.74, 6) is -5.44. The molecule has 9 atom stereocenters. The zero-order valence-corrected chi connectivity index (χ0v) is 27.5. The van der Waals surface area contributed by atoms with Crippen LogP contribution >= 0.6 is 0 Å². The fourth-order valence-electron chi connectivity index (χ4n) is 8.10. The fraction of sp³-hybridized carbons (Fsp3) is 0.514. The average Bonchev–Trinajstić information content (AvgIpc) is 3.19. The van der Waals surface area contributed by atoms with Gasteiger partial charge in [-0.25, -0.2) is 9.59 Å². The van der Waals surface area contributed by atoms with Crippen molar-refractivity contribution in [3.05, 3.63) is 71.8 Å². The monoisotopic (exact) mass is 668 g/mol. The molecule has 13 nitrogen and oxygen atoms in total. The molecule has 2 N–H and O–H groups in total. The summed E-state index contributed by atoms with van der Waals surface area (Å²) >= 11 is 0. The van der Waals surface area contributed by atoms with Crippen LogP contribution in [-0.4, -0.2) is 94.0 Å². The normalized spacial score (nSPS) is 34.6. The van der Waals surface area contributed by atoms with Crippen molar-refractivity contribution in [3.8, 4) is 0 Å². The number of benzene rings is 2. The summed E-state index contributed by atoms with van der Waals surface area (Å²) < 4.78 is 36.3. The Bertz CT molecular complexity index is 1570. The van der Waals surface area contributed by atoms with E-state index in [0.29, 0.717) is 0 Å². The van der Waals surface area contributed by atoms with Crippen molar-refractivity contribution in [2.75, 3.05) is 6.61 Å². The fourth-order valence-corrected chi connectivity index (χ4v) is 8.10. The first-order valence-electron chi connectivity index (χ1n) is 15.6. The molecule has 3 fully saturated rings. The third-order valence-corrected chi connectivity index (χ3v) is 9.70. The van der Waals surface area contributed by atoms with E-state index in [1.54, 1.807) is 50.2 Å². The first kappa shape index (κ1) is 35.0. The molecule has 13 heteroatoms. The minimum atomic E-state index is -2.26. The number of aliphatic hydroxyl groups is 2. The predicted molar refractivity (Wildman–Crippen MR) is 164 cm³/mol. The van der Waals surface area contributed by atoms with E-state index in [1.165, 1.54) is 31.2 Å². The van der Waals surface area contributed by atoms with E-state index in [2.05, 4.69) is 0 Å². The molecular weight excluding hydrogens is 628 g/mol. The topological polar surface area (TPSA) is 181 Å². The smallest absolute Gasteiger partial charge is 0.338 e. The summed E-state index contributed by atoms with van der Waals surface area (Å²) in [5, 5.41) is 24.9. The Balaban J connectivity index is 1.84. The van der Waals surface area contributed by atoms with Crippen molar-refractivity contribution in [3.63, 3.8) is 0 Å². The third-order valence-electron chi connectivity index (χ3n) is 9.70. The van der Waals surface area contributed by atoms with Gasteiger partial charge in [0.1, 0.15) is 29.8 Å². The molecule has 1 aliphatic heterocycles. The van der Waals surface area contributed by atoms with Gasteiger partial charge in [-0.15, -0.1) is 0 Å². The van der Waals surface area contributed by atoms with E-state index in [4.69, 9.17) is 28.4 Å². The zero-order valence-electron chi connectivity index (χ0n) is 27.5. The summed E-state index contributed by atoms with van der Waals surface area (Å²) in [6, 6.07) is 15.8. The maximum Gasteiger partial charge on any atom is 0.338 e. The van der Waals surface area contributed by atoms with Crippen LogP contribution in [-0.2, 0) is 42.8 Å². The van der Waals surface area contributed by atoms with Gasteiger partial charge in [-0.3, -0.25) is 14.4 Å². The second kappa shape index (κ2) is 12.6. The molecule has 0 radical (unpaired) electrons. The number of aliphatic hydroxyl groups excluding tert-OH is 1. The Morgan fingerprint density at radius 1 is 0.750 bits per heavy atom. The van der Waals surface area contributed by atoms with E-state index >= 15 is 0 Å². The van der Waals surface area contributed by atoms with Crippen LogP contribution in [0.2, 0.25) is 0 Å². The van der Waals surface area contributed by atoms with E-state index < -0.39 is 102 Å². The third kappa shape index (κ3) is 5.63. The first-order valence-corrected chi connectivity index (χ1v) is 15.6. The van der Waals surface area contributed by atoms with Crippen molar-refractivity contribution in [2.45, 2.75) is 95.3 Å². The Hall–Kier alpha value is -4.33. The van der Waals surface area contributed by atoms with Crippen LogP contribution in [0.5, 0.6) is 0 Å². The molecule has 0 aromatic heterocycles. The standard InChI is InChI=1S/C35H40O13/c1-19(36)43-18-34-28(45-21(3)38)24(44-20(2)37)17-33(6,42)35(34)27(39)25(32(4,5)48-35)26(46-30(40)22-13-9-7-10-14-22)29(34)47-31(41)23-15-11-8-12-16-23/h7-16,24-29,39,42H,17-18H2,1-6H3/t24-,25?,26?,27?,28-,29+,33-,34?,35?/m0/s1. The molecule has 2 aliphatic carbocycles. The molecule has 3 aliphatic rings. The molecule has 258 valence electrons. The van der Waals surface area contributed by atoms with Crippen LogP contribution < -0.4 is 0 Å². The van der Waals surface area contributed by atoms with Gasteiger partial charge in [0.05, 0.1) is 34.4 Å². The number of hydrogen-bond donors (Lipinski definition) is 2. The van der Waals surface area contributed by atoms with E-state index in [0.717, 1.165) is 20.8 Å². The number of hydrogen-bond acceptors (Lipinski definition) is 13. The van der Waals surface area contributed by atoms with E-state index in [-0.39, 0.29) is 11.1 Å². The minimum absolute atomic E-state index is 0.0871. The highest BCUT2D eigenvalue weighted by Gasteiger charge is 2.88. The molecule has 2 bridgehead atoms. The quantitative estimate of drug-likeness (QED) is 0.310. The summed E-state index contributed by atoms with van der Waals surface area (Å²) in [4.78, 5) is 65.6. The van der Waals surface area contributed by atoms with Gasteiger partial charge in [-0.05, 0) is 45.0 Å². The van der Waals surface area contributed by atoms with E-state index in [9.17, 15) is 34.2 Å². The van der Waals surface area contributed by atoms with Gasteiger partial charge in [-0.1, -0.05) is 36.4 Å². The lowest BCUT2D eigenvalue weighted by Gasteiger charge is -2.66. The lowest BCUT2D eigenvalue weighted by atomic mass is 9.45. The Labute approximate surface area is 277 Å². The van der Waals surface area contributed by atoms with Crippen LogP contribution in [0.25, 0.3) is 0 Å². The molecule has 5 unspecified atom stereocenters. The molecule has 0 amide bonds. The van der Waals surface area contributed by atoms with Crippen molar-refractivity contribution in [2.24, 2.45) is 11.3 Å². The van der Waals surface area contributed by atoms with Gasteiger partial charge in [0.25, 0.3) is 0 Å². The number of esters is 5. The highest BCUT2D eigenvalue weighted by Crippen LogP contribution is 2.69. The molecule has 1 spiro atoms. The summed E-state index contributed by atoms with van der Waals surface area (Å²) in [6.07, 6.45) is -8.57. The van der Waals surface area contributed by atoms with Crippen LogP contribution in [0.1, 0.15) is 68.7 Å². The van der Waals surface area contributed by atoms with Crippen LogP contribution in [0, 0.1) is 11.3 Å². The predicted octanol–water partition coefficient (Wildman–Crippen LogP) is 2.54. The lowest BCUT2D eigenvalue weighted by molar-refractivity contribution is -0.362. The van der Waals surface area contributed by atoms with Crippen molar-refractivity contribution in [1.82, 2.24) is 0 Å². The number of ether oxygens (including phenoxy) is 6. The maximum atomic E-state index is 14.0. The van der Waals surface area contributed by atoms with Gasteiger partial charge in [0.2, 0.25) is 0 Å². The van der Waals surface area contributed by atoms with Crippen LogP contribution in [0.4, 0.5) is 0 Å². The molecule has 1 saturated heterocycles. The first-order chi connectivity index (χ1) is 22.5. The zero-order chi connectivity index (χ0) is 35.2. The van der Waals surface area contributed by atoms with Gasteiger partial charge in [0.15, 0.2) is 12.2 Å². The van der Waals surface area contributed by atoms with Gasteiger partial charge < -0.3 is 38.6 Å². The van der Waals surface area contributed by atoms with Crippen LogP contribution in [0.3, 0.4) is 0 Å². The summed E-state index contributed by atoms with van der Waals surface area (Å²) in [7, 11) is 0. The highest BCUT2D eigenvalue weighted by atomic mass is 16.6. The van der Waals surface area contributed by atoms with E-state index in [1.807, 2.05) is 0 Å². The highest BCUT2D eigenvalue weighted by molar-refractivity contribution is 5.90. The van der Waals surface area contributed by atoms with Gasteiger partial charge >= 0.3 is 29.8 Å². The lowest BCUT2D eigenvalue weighted by Crippen LogP contribution is -2.85. The molecule has 5 rings (SSSR count). The minimum Gasteiger partial charge on any atom is -0.465 e. The second-order valence-electron chi connectivity index (χ2n) is 13.3. The summed E-state index contributed by atoms with van der Waals surface area (Å²) in [5.41, 5.74) is -7.84. The van der Waals surface area contributed by atoms with Gasteiger partial charge in [-0.2, -0.15) is 0 Å². The number of fused-ring (bicyclic) bond motifs is 1. The molecule has 48 heavy (non-hydrogen) atoms. The molecule has 1 heterocycles. The average molecular weight is 669 g/mol.